The fraction of sp³-hybridized carbons (Fsp3) is 0.471. The van der Waals surface area contributed by atoms with Crippen LogP contribution in [0.2, 0.25) is 0 Å². The average Bonchev–Trinajstić information content (AvgIpc) is 2.55. The van der Waals surface area contributed by atoms with E-state index in [4.69, 9.17) is 9.47 Å². The summed E-state index contributed by atoms with van der Waals surface area (Å²) < 4.78 is 9.89. The number of ether oxygens (including phenoxy) is 2. The molecule has 7 heteroatoms. The van der Waals surface area contributed by atoms with Crippen molar-refractivity contribution in [1.82, 2.24) is 5.32 Å². The Hall–Kier alpha value is -2.57. The maximum atomic E-state index is 11.9. The van der Waals surface area contributed by atoms with Gasteiger partial charge in [-0.05, 0) is 38.5 Å². The number of benzene rings is 1. The molecule has 0 spiro atoms. The van der Waals surface area contributed by atoms with Crippen LogP contribution < -0.4 is 10.6 Å². The van der Waals surface area contributed by atoms with Gasteiger partial charge in [0.15, 0.2) is 0 Å². The Morgan fingerprint density at radius 1 is 0.917 bits per heavy atom. The number of rotatable bonds is 8. The lowest BCUT2D eigenvalue weighted by Crippen LogP contribution is -2.29. The molecular formula is C17H24N2O5. The maximum absolute atomic E-state index is 11.9. The number of amides is 2. The molecule has 0 bridgehead atoms. The first-order chi connectivity index (χ1) is 11.5. The van der Waals surface area contributed by atoms with E-state index >= 15 is 0 Å². The largest absolute Gasteiger partial charge is 0.462 e. The Balaban J connectivity index is 2.98. The summed E-state index contributed by atoms with van der Waals surface area (Å²) in [5.41, 5.74) is 0.662. The van der Waals surface area contributed by atoms with Crippen molar-refractivity contribution in [2.45, 2.75) is 33.6 Å². The van der Waals surface area contributed by atoms with Gasteiger partial charge in [0.1, 0.15) is 0 Å². The summed E-state index contributed by atoms with van der Waals surface area (Å²) in [6.45, 7) is 6.37. The van der Waals surface area contributed by atoms with E-state index in [2.05, 4.69) is 10.6 Å². The van der Waals surface area contributed by atoms with Crippen LogP contribution in [0.1, 0.15) is 54.3 Å². The van der Waals surface area contributed by atoms with Gasteiger partial charge in [-0.15, -0.1) is 0 Å². The molecule has 0 aliphatic rings. The molecule has 2 amide bonds. The van der Waals surface area contributed by atoms with E-state index in [1.165, 1.54) is 18.2 Å². The van der Waals surface area contributed by atoms with Crippen molar-refractivity contribution in [3.05, 3.63) is 29.3 Å². The molecule has 24 heavy (non-hydrogen) atoms. The van der Waals surface area contributed by atoms with Gasteiger partial charge in [0.05, 0.1) is 24.3 Å². The Labute approximate surface area is 141 Å². The number of nitrogens with one attached hydrogen (secondary N) is 2. The Kier molecular flexibility index (Phi) is 8.32. The third-order valence-electron chi connectivity index (χ3n) is 3.03. The second-order valence-corrected chi connectivity index (χ2v) is 4.97. The minimum absolute atomic E-state index is 0.172. The van der Waals surface area contributed by atoms with E-state index in [1.807, 2.05) is 6.92 Å². The highest BCUT2D eigenvalue weighted by atomic mass is 16.5. The number of urea groups is 1. The summed E-state index contributed by atoms with van der Waals surface area (Å²) in [5, 5.41) is 5.31. The molecule has 0 fully saturated rings. The lowest BCUT2D eigenvalue weighted by Gasteiger charge is -2.11. The molecular weight excluding hydrogens is 312 g/mol. The predicted octanol–water partition coefficient (Wildman–Crippen LogP) is 2.96. The average molecular weight is 336 g/mol. The van der Waals surface area contributed by atoms with Crippen molar-refractivity contribution < 1.29 is 23.9 Å². The van der Waals surface area contributed by atoms with Gasteiger partial charge in [0.25, 0.3) is 0 Å². The predicted molar refractivity (Wildman–Crippen MR) is 90.3 cm³/mol. The lowest BCUT2D eigenvalue weighted by molar-refractivity contribution is 0.0525. The Bertz CT molecular complexity index is 550. The Morgan fingerprint density at radius 2 is 1.46 bits per heavy atom. The number of carbonyl (C=O) groups excluding carboxylic acids is 3. The van der Waals surface area contributed by atoms with Crippen LogP contribution in [0, 0.1) is 0 Å². The van der Waals surface area contributed by atoms with Crippen molar-refractivity contribution in [3.63, 3.8) is 0 Å². The highest BCUT2D eigenvalue weighted by Gasteiger charge is 2.15. The van der Waals surface area contributed by atoms with E-state index in [9.17, 15) is 14.4 Å². The van der Waals surface area contributed by atoms with Crippen LogP contribution in [0.25, 0.3) is 0 Å². The molecule has 1 aromatic carbocycles. The monoisotopic (exact) mass is 336 g/mol. The third-order valence-corrected chi connectivity index (χ3v) is 3.03. The smallest absolute Gasteiger partial charge is 0.338 e. The summed E-state index contributed by atoms with van der Waals surface area (Å²) in [5.74, 6) is -1.14. The number of anilines is 1. The summed E-state index contributed by atoms with van der Waals surface area (Å²) in [4.78, 5) is 35.7. The molecule has 0 saturated carbocycles. The SMILES string of the molecule is CCCCNC(=O)Nc1cc(C(=O)OCC)cc(C(=O)OCC)c1. The third kappa shape index (κ3) is 6.28. The molecule has 7 nitrogen and oxygen atoms in total. The zero-order chi connectivity index (χ0) is 17.9. The van der Waals surface area contributed by atoms with Crippen LogP contribution in [0.5, 0.6) is 0 Å². The molecule has 0 heterocycles. The van der Waals surface area contributed by atoms with Crippen LogP contribution in [0.4, 0.5) is 10.5 Å². The topological polar surface area (TPSA) is 93.7 Å². The zero-order valence-corrected chi connectivity index (χ0v) is 14.3. The fourth-order valence-electron chi connectivity index (χ4n) is 1.92. The number of hydrogen-bond donors (Lipinski definition) is 2. The van der Waals surface area contributed by atoms with E-state index in [1.54, 1.807) is 13.8 Å². The van der Waals surface area contributed by atoms with E-state index < -0.39 is 18.0 Å². The lowest BCUT2D eigenvalue weighted by atomic mass is 10.1. The summed E-state index contributed by atoms with van der Waals surface area (Å²) in [6.07, 6.45) is 1.83. The van der Waals surface area contributed by atoms with Gasteiger partial charge < -0.3 is 20.1 Å². The van der Waals surface area contributed by atoms with Gasteiger partial charge >= 0.3 is 18.0 Å². The van der Waals surface area contributed by atoms with Crippen molar-refractivity contribution in [2.24, 2.45) is 0 Å². The standard InChI is InChI=1S/C17H24N2O5/c1-4-7-8-18-17(22)19-14-10-12(15(20)23-5-2)9-13(11-14)16(21)24-6-3/h9-11H,4-8H2,1-3H3,(H2,18,19,22). The molecule has 0 radical (unpaired) electrons. The first kappa shape index (κ1) is 19.5. The highest BCUT2D eigenvalue weighted by molar-refractivity contribution is 5.99. The molecule has 0 unspecified atom stereocenters. The van der Waals surface area contributed by atoms with Gasteiger partial charge in [0, 0.05) is 12.2 Å². The minimum atomic E-state index is -0.571. The number of hydrogen-bond acceptors (Lipinski definition) is 5. The number of unbranched alkanes of at least 4 members (excludes halogenated alkanes) is 1. The molecule has 0 aromatic heterocycles. The van der Waals surface area contributed by atoms with Crippen LogP contribution in [0.3, 0.4) is 0 Å². The number of esters is 2. The molecule has 0 aliphatic carbocycles. The second kappa shape index (κ2) is 10.3. The van der Waals surface area contributed by atoms with Gasteiger partial charge in [-0.3, -0.25) is 0 Å². The van der Waals surface area contributed by atoms with Gasteiger partial charge in [-0.1, -0.05) is 13.3 Å². The summed E-state index contributed by atoms with van der Waals surface area (Å²) in [7, 11) is 0. The summed E-state index contributed by atoms with van der Waals surface area (Å²) in [6, 6.07) is 3.90. The van der Waals surface area contributed by atoms with E-state index in [0.717, 1.165) is 12.8 Å². The molecule has 0 aliphatic heterocycles. The zero-order valence-electron chi connectivity index (χ0n) is 14.3. The molecule has 1 aromatic rings. The number of carbonyl (C=O) groups is 3. The first-order valence-electron chi connectivity index (χ1n) is 8.05. The second-order valence-electron chi connectivity index (χ2n) is 4.97. The highest BCUT2D eigenvalue weighted by Crippen LogP contribution is 2.17. The van der Waals surface area contributed by atoms with Crippen LogP contribution in [0.15, 0.2) is 18.2 Å². The van der Waals surface area contributed by atoms with E-state index in [0.29, 0.717) is 12.2 Å². The van der Waals surface area contributed by atoms with Gasteiger partial charge in [-0.2, -0.15) is 0 Å². The minimum Gasteiger partial charge on any atom is -0.462 e. The van der Waals surface area contributed by atoms with Crippen LogP contribution in [-0.2, 0) is 9.47 Å². The molecule has 2 N–H and O–H groups in total. The van der Waals surface area contributed by atoms with Crippen molar-refractivity contribution in [2.75, 3.05) is 25.1 Å². The van der Waals surface area contributed by atoms with Gasteiger partial charge in [-0.25, -0.2) is 14.4 Å². The quantitative estimate of drug-likeness (QED) is 0.562. The molecule has 0 atom stereocenters. The van der Waals surface area contributed by atoms with E-state index in [-0.39, 0.29) is 24.3 Å². The van der Waals surface area contributed by atoms with Crippen molar-refractivity contribution in [1.29, 1.82) is 0 Å². The van der Waals surface area contributed by atoms with Gasteiger partial charge in [0.2, 0.25) is 0 Å². The Morgan fingerprint density at radius 3 is 1.92 bits per heavy atom. The van der Waals surface area contributed by atoms with Crippen molar-refractivity contribution >= 4 is 23.7 Å². The summed E-state index contributed by atoms with van der Waals surface area (Å²) >= 11 is 0. The van der Waals surface area contributed by atoms with Crippen LogP contribution >= 0.6 is 0 Å². The first-order valence-corrected chi connectivity index (χ1v) is 8.05. The normalized spacial score (nSPS) is 9.96. The van der Waals surface area contributed by atoms with Crippen molar-refractivity contribution in [3.8, 4) is 0 Å². The fourth-order valence-corrected chi connectivity index (χ4v) is 1.92. The molecule has 132 valence electrons. The van der Waals surface area contributed by atoms with Crippen LogP contribution in [-0.4, -0.2) is 37.7 Å². The molecule has 1 rings (SSSR count). The molecule has 0 saturated heterocycles. The maximum Gasteiger partial charge on any atom is 0.338 e.